The zero-order chi connectivity index (χ0) is 25.8. The quantitative estimate of drug-likeness (QED) is 0.315. The van der Waals surface area contributed by atoms with E-state index in [1.54, 1.807) is 34.1 Å². The van der Waals surface area contributed by atoms with Crippen molar-refractivity contribution in [2.75, 3.05) is 25.5 Å². The van der Waals surface area contributed by atoms with Crippen molar-refractivity contribution in [2.24, 2.45) is 5.73 Å². The number of rotatable bonds is 13. The van der Waals surface area contributed by atoms with Crippen LogP contribution in [0.15, 0.2) is 30.5 Å². The summed E-state index contributed by atoms with van der Waals surface area (Å²) in [5.41, 5.74) is 6.75. The number of nitrogens with one attached hydrogen (secondary N) is 3. The molecule has 9 nitrogen and oxygen atoms in total. The van der Waals surface area contributed by atoms with E-state index in [2.05, 4.69) is 27.9 Å². The van der Waals surface area contributed by atoms with Crippen molar-refractivity contribution in [3.63, 3.8) is 0 Å². The molecule has 2 rings (SSSR count). The molecule has 194 valence electrons. The van der Waals surface area contributed by atoms with Crippen LogP contribution in [0.3, 0.4) is 0 Å². The largest absolute Gasteiger partial charge is 0.497 e. The lowest BCUT2D eigenvalue weighted by Gasteiger charge is -2.23. The van der Waals surface area contributed by atoms with Crippen LogP contribution in [0, 0.1) is 0 Å². The molecule has 1 heterocycles. The fourth-order valence-electron chi connectivity index (χ4n) is 3.68. The molecule has 35 heavy (non-hydrogen) atoms. The Morgan fingerprint density at radius 3 is 2.60 bits per heavy atom. The second-order valence-electron chi connectivity index (χ2n) is 9.71. The van der Waals surface area contributed by atoms with Crippen molar-refractivity contribution in [3.05, 3.63) is 30.5 Å². The summed E-state index contributed by atoms with van der Waals surface area (Å²) in [7, 11) is 1.65. The molecule has 2 amide bonds. The first kappa shape index (κ1) is 28.2. The van der Waals surface area contributed by atoms with Gasteiger partial charge >= 0.3 is 6.09 Å². The second kappa shape index (κ2) is 13.7. The maximum absolute atomic E-state index is 12.7. The van der Waals surface area contributed by atoms with Gasteiger partial charge in [0.1, 0.15) is 17.4 Å². The number of alkyl carbamates (subject to hydrolysis) is 1. The van der Waals surface area contributed by atoms with Gasteiger partial charge in [-0.1, -0.05) is 6.07 Å². The number of ether oxygens (including phenoxy) is 2. The SMILES string of the molecule is COc1cc(NC(C)CCCNC(=O)[C@@H](CCCCN)NC(=O)OC(C)(C)C)c2ncccc2c1. The molecule has 2 atom stereocenters. The lowest BCUT2D eigenvalue weighted by Crippen LogP contribution is -2.48. The molecule has 1 unspecified atom stereocenters. The van der Waals surface area contributed by atoms with Gasteiger partial charge in [0.15, 0.2) is 0 Å². The van der Waals surface area contributed by atoms with Gasteiger partial charge in [-0.25, -0.2) is 4.79 Å². The summed E-state index contributed by atoms with van der Waals surface area (Å²) in [6.45, 7) is 8.51. The van der Waals surface area contributed by atoms with E-state index >= 15 is 0 Å². The van der Waals surface area contributed by atoms with E-state index in [0.29, 0.717) is 19.5 Å². The molecule has 2 aromatic rings. The second-order valence-corrected chi connectivity index (χ2v) is 9.71. The number of hydrogen-bond donors (Lipinski definition) is 4. The molecule has 1 aromatic carbocycles. The summed E-state index contributed by atoms with van der Waals surface area (Å²) in [6, 6.07) is 7.32. The number of benzene rings is 1. The van der Waals surface area contributed by atoms with Crippen LogP contribution in [-0.4, -0.2) is 54.9 Å². The first-order valence-corrected chi connectivity index (χ1v) is 12.3. The highest BCUT2D eigenvalue weighted by molar-refractivity contribution is 5.92. The van der Waals surface area contributed by atoms with Crippen LogP contribution in [-0.2, 0) is 9.53 Å². The first-order valence-electron chi connectivity index (χ1n) is 12.3. The van der Waals surface area contributed by atoms with Crippen LogP contribution in [0.2, 0.25) is 0 Å². The number of methoxy groups -OCH3 is 1. The van der Waals surface area contributed by atoms with Gasteiger partial charge in [-0.3, -0.25) is 9.78 Å². The highest BCUT2D eigenvalue weighted by Crippen LogP contribution is 2.28. The van der Waals surface area contributed by atoms with E-state index in [0.717, 1.165) is 48.0 Å². The number of unbranched alkanes of at least 4 members (excludes halogenated alkanes) is 1. The smallest absolute Gasteiger partial charge is 0.408 e. The van der Waals surface area contributed by atoms with E-state index in [1.807, 2.05) is 24.3 Å². The highest BCUT2D eigenvalue weighted by atomic mass is 16.6. The Hall–Kier alpha value is -3.07. The van der Waals surface area contributed by atoms with Crippen LogP contribution in [0.25, 0.3) is 10.9 Å². The summed E-state index contributed by atoms with van der Waals surface area (Å²) in [4.78, 5) is 29.4. The van der Waals surface area contributed by atoms with Crippen molar-refractivity contribution in [3.8, 4) is 5.75 Å². The molecule has 9 heteroatoms. The molecular weight excluding hydrogens is 446 g/mol. The lowest BCUT2D eigenvalue weighted by molar-refractivity contribution is -0.123. The van der Waals surface area contributed by atoms with E-state index in [4.69, 9.17) is 15.2 Å². The van der Waals surface area contributed by atoms with Crippen LogP contribution < -0.4 is 26.4 Å². The number of nitrogens with two attached hydrogens (primary N) is 1. The number of pyridine rings is 1. The molecule has 0 radical (unpaired) electrons. The Morgan fingerprint density at radius 2 is 1.91 bits per heavy atom. The summed E-state index contributed by atoms with van der Waals surface area (Å²) in [6.07, 6.45) is 4.83. The average Bonchev–Trinajstić information content (AvgIpc) is 2.79. The van der Waals surface area contributed by atoms with Gasteiger partial charge in [0, 0.05) is 30.2 Å². The number of aromatic nitrogens is 1. The van der Waals surface area contributed by atoms with Crippen LogP contribution in [0.5, 0.6) is 5.75 Å². The van der Waals surface area contributed by atoms with Gasteiger partial charge in [0.25, 0.3) is 0 Å². The van der Waals surface area contributed by atoms with E-state index in [1.165, 1.54) is 0 Å². The first-order chi connectivity index (χ1) is 16.6. The zero-order valence-corrected chi connectivity index (χ0v) is 21.6. The Balaban J connectivity index is 1.86. The van der Waals surface area contributed by atoms with Crippen LogP contribution in [0.1, 0.15) is 59.8 Å². The van der Waals surface area contributed by atoms with Gasteiger partial charge in [0.05, 0.1) is 18.3 Å². The van der Waals surface area contributed by atoms with Gasteiger partial charge in [-0.15, -0.1) is 0 Å². The van der Waals surface area contributed by atoms with Gasteiger partial charge in [0.2, 0.25) is 5.91 Å². The third kappa shape index (κ3) is 9.98. The van der Waals surface area contributed by atoms with Crippen molar-refractivity contribution in [1.82, 2.24) is 15.6 Å². The molecule has 0 aliphatic rings. The number of hydrogen-bond acceptors (Lipinski definition) is 7. The minimum atomic E-state index is -0.652. The third-order valence-electron chi connectivity index (χ3n) is 5.38. The molecule has 5 N–H and O–H groups in total. The fourth-order valence-corrected chi connectivity index (χ4v) is 3.68. The number of anilines is 1. The normalized spacial score (nSPS) is 13.1. The molecule has 0 fully saturated rings. The molecule has 0 aliphatic heterocycles. The average molecular weight is 488 g/mol. The molecule has 0 aliphatic carbocycles. The Kier molecular flexibility index (Phi) is 11.0. The van der Waals surface area contributed by atoms with E-state index < -0.39 is 17.7 Å². The van der Waals surface area contributed by atoms with Crippen molar-refractivity contribution < 1.29 is 19.1 Å². The third-order valence-corrected chi connectivity index (χ3v) is 5.38. The van der Waals surface area contributed by atoms with Gasteiger partial charge in [-0.2, -0.15) is 0 Å². The standard InChI is InChI=1S/C26H41N5O4/c1-18(30-22-17-20(34-5)16-19-11-9-14-28-23(19)22)10-8-15-29-24(32)21(12-6-7-13-27)31-25(33)35-26(2,3)4/h9,11,14,16-18,21,30H,6-8,10,12-13,15,27H2,1-5H3,(H,29,32)(H,31,33)/t18?,21-/m1/s1. The van der Waals surface area contributed by atoms with Crippen LogP contribution in [0.4, 0.5) is 10.5 Å². The minimum absolute atomic E-state index is 0.157. The molecule has 0 spiro atoms. The fraction of sp³-hybridized carbons (Fsp3) is 0.577. The lowest BCUT2D eigenvalue weighted by atomic mass is 10.1. The number of carbonyl (C=O) groups excluding carboxylic acids is 2. The predicted molar refractivity (Wildman–Crippen MR) is 140 cm³/mol. The molecule has 0 saturated carbocycles. The summed E-state index contributed by atoms with van der Waals surface area (Å²) >= 11 is 0. The number of amides is 2. The Bertz CT molecular complexity index is 960. The molecule has 1 aromatic heterocycles. The highest BCUT2D eigenvalue weighted by Gasteiger charge is 2.24. The van der Waals surface area contributed by atoms with Gasteiger partial charge < -0.3 is 31.2 Å². The summed E-state index contributed by atoms with van der Waals surface area (Å²) in [5, 5.41) is 10.2. The van der Waals surface area contributed by atoms with E-state index in [9.17, 15) is 9.59 Å². The topological polar surface area (TPSA) is 128 Å². The Morgan fingerprint density at radius 1 is 1.14 bits per heavy atom. The monoisotopic (exact) mass is 487 g/mol. The summed E-state index contributed by atoms with van der Waals surface area (Å²) < 4.78 is 10.7. The molecular formula is C26H41N5O4. The number of fused-ring (bicyclic) bond motifs is 1. The zero-order valence-electron chi connectivity index (χ0n) is 21.6. The number of carbonyl (C=O) groups is 2. The predicted octanol–water partition coefficient (Wildman–Crippen LogP) is 3.96. The van der Waals surface area contributed by atoms with Crippen molar-refractivity contribution >= 4 is 28.6 Å². The van der Waals surface area contributed by atoms with Crippen LogP contribution >= 0.6 is 0 Å². The maximum atomic E-state index is 12.7. The van der Waals surface area contributed by atoms with E-state index in [-0.39, 0.29) is 11.9 Å². The van der Waals surface area contributed by atoms with Crippen molar-refractivity contribution in [2.45, 2.75) is 77.5 Å². The molecule has 0 saturated heterocycles. The molecule has 0 bridgehead atoms. The Labute approximate surface area is 208 Å². The minimum Gasteiger partial charge on any atom is -0.497 e. The van der Waals surface area contributed by atoms with Crippen molar-refractivity contribution in [1.29, 1.82) is 0 Å². The number of nitrogens with zero attached hydrogens (tertiary/aromatic N) is 1. The van der Waals surface area contributed by atoms with Gasteiger partial charge in [-0.05, 0) is 78.5 Å². The summed E-state index contributed by atoms with van der Waals surface area (Å²) in [5.74, 6) is 0.558. The maximum Gasteiger partial charge on any atom is 0.408 e.